The molecule has 0 saturated heterocycles. The predicted molar refractivity (Wildman–Crippen MR) is 115 cm³/mol. The van der Waals surface area contributed by atoms with E-state index in [2.05, 4.69) is 60.7 Å². The van der Waals surface area contributed by atoms with Gasteiger partial charge in [0.2, 0.25) is 10.0 Å². The Morgan fingerprint density at radius 3 is 2.07 bits per heavy atom. The largest absolute Gasteiger partial charge is 0.356 e. The summed E-state index contributed by atoms with van der Waals surface area (Å²) in [5.74, 6) is 0.689. The normalized spacial score (nSPS) is 12.7. The first-order chi connectivity index (χ1) is 13.2. The molecular formula is C21H30N4O2S. The minimum Gasteiger partial charge on any atom is -0.356 e. The van der Waals surface area contributed by atoms with Crippen LogP contribution in [0.4, 0.5) is 0 Å². The summed E-state index contributed by atoms with van der Waals surface area (Å²) in [5.41, 5.74) is 3.48. The van der Waals surface area contributed by atoms with E-state index in [1.54, 1.807) is 19.2 Å². The molecule has 0 unspecified atom stereocenters. The van der Waals surface area contributed by atoms with Crippen LogP contribution in [0.5, 0.6) is 0 Å². The van der Waals surface area contributed by atoms with Crippen LogP contribution in [-0.2, 0) is 28.4 Å². The van der Waals surface area contributed by atoms with Crippen LogP contribution < -0.4 is 15.8 Å². The van der Waals surface area contributed by atoms with Gasteiger partial charge in [0.1, 0.15) is 0 Å². The van der Waals surface area contributed by atoms with Gasteiger partial charge in [-0.25, -0.2) is 13.6 Å². The van der Waals surface area contributed by atoms with Crippen molar-refractivity contribution in [3.8, 4) is 0 Å². The molecule has 0 heterocycles. The van der Waals surface area contributed by atoms with Gasteiger partial charge in [0.25, 0.3) is 0 Å². The lowest BCUT2D eigenvalue weighted by Gasteiger charge is -2.27. The van der Waals surface area contributed by atoms with Gasteiger partial charge in [0.05, 0.1) is 4.90 Å². The summed E-state index contributed by atoms with van der Waals surface area (Å²) in [4.78, 5) is 4.37. The van der Waals surface area contributed by atoms with E-state index in [0.717, 1.165) is 18.5 Å². The van der Waals surface area contributed by atoms with Gasteiger partial charge >= 0.3 is 0 Å². The SMILES string of the molecule is CCc1ccc(C(C)(C)CNC(=NC)NCc2ccc(S(N)(=O)=O)cc2)cc1. The highest BCUT2D eigenvalue weighted by molar-refractivity contribution is 7.89. The summed E-state index contributed by atoms with van der Waals surface area (Å²) in [7, 11) is -1.94. The number of benzene rings is 2. The number of hydrogen-bond donors (Lipinski definition) is 3. The first kappa shape index (κ1) is 21.9. The number of primary sulfonamides is 1. The first-order valence-electron chi connectivity index (χ1n) is 9.31. The van der Waals surface area contributed by atoms with Crippen LogP contribution in [0.2, 0.25) is 0 Å². The Bertz CT molecular complexity index is 902. The maximum atomic E-state index is 11.3. The number of nitrogens with two attached hydrogens (primary N) is 1. The van der Waals surface area contributed by atoms with Crippen molar-refractivity contribution in [1.82, 2.24) is 10.6 Å². The average molecular weight is 403 g/mol. The van der Waals surface area contributed by atoms with Crippen molar-refractivity contribution in [2.75, 3.05) is 13.6 Å². The second-order valence-corrected chi connectivity index (χ2v) is 8.96. The predicted octanol–water partition coefficient (Wildman–Crippen LogP) is 2.54. The number of hydrogen-bond acceptors (Lipinski definition) is 3. The summed E-state index contributed by atoms with van der Waals surface area (Å²) in [6, 6.07) is 15.2. The van der Waals surface area contributed by atoms with Crippen molar-refractivity contribution < 1.29 is 8.42 Å². The third kappa shape index (κ3) is 6.07. The molecule has 0 amide bonds. The first-order valence-corrected chi connectivity index (χ1v) is 10.9. The van der Waals surface area contributed by atoms with Crippen LogP contribution in [0.1, 0.15) is 37.5 Å². The fourth-order valence-corrected chi connectivity index (χ4v) is 3.32. The Labute approximate surface area is 168 Å². The zero-order valence-electron chi connectivity index (χ0n) is 17.0. The van der Waals surface area contributed by atoms with Gasteiger partial charge in [-0.15, -0.1) is 0 Å². The van der Waals surface area contributed by atoms with E-state index in [-0.39, 0.29) is 10.3 Å². The smallest absolute Gasteiger partial charge is 0.238 e. The van der Waals surface area contributed by atoms with Crippen LogP contribution in [-0.4, -0.2) is 28.0 Å². The van der Waals surface area contributed by atoms with Gasteiger partial charge in [-0.05, 0) is 35.2 Å². The second kappa shape index (κ2) is 9.21. The topological polar surface area (TPSA) is 96.6 Å². The molecule has 2 rings (SSSR count). The third-order valence-corrected chi connectivity index (χ3v) is 5.71. The van der Waals surface area contributed by atoms with E-state index in [1.165, 1.54) is 23.3 Å². The summed E-state index contributed by atoms with van der Waals surface area (Å²) < 4.78 is 22.6. The lowest BCUT2D eigenvalue weighted by molar-refractivity contribution is 0.508. The Hall–Kier alpha value is -2.38. The van der Waals surface area contributed by atoms with Crippen molar-refractivity contribution in [2.45, 2.75) is 44.0 Å². The highest BCUT2D eigenvalue weighted by Crippen LogP contribution is 2.22. The number of sulfonamides is 1. The molecule has 2 aromatic rings. The van der Waals surface area contributed by atoms with Crippen LogP contribution >= 0.6 is 0 Å². The van der Waals surface area contributed by atoms with E-state index in [0.29, 0.717) is 12.5 Å². The summed E-state index contributed by atoms with van der Waals surface area (Å²) in [6.07, 6.45) is 1.04. The summed E-state index contributed by atoms with van der Waals surface area (Å²) >= 11 is 0. The molecule has 6 nitrogen and oxygen atoms in total. The Balaban J connectivity index is 1.93. The molecule has 0 aromatic heterocycles. The lowest BCUT2D eigenvalue weighted by atomic mass is 9.84. The van der Waals surface area contributed by atoms with E-state index in [9.17, 15) is 8.42 Å². The molecule has 0 aliphatic carbocycles. The molecule has 2 aromatic carbocycles. The highest BCUT2D eigenvalue weighted by Gasteiger charge is 2.20. The molecule has 152 valence electrons. The van der Waals surface area contributed by atoms with Crippen LogP contribution in [0.3, 0.4) is 0 Å². The molecule has 0 saturated carbocycles. The van der Waals surface area contributed by atoms with Crippen molar-refractivity contribution in [3.63, 3.8) is 0 Å². The number of nitrogens with zero attached hydrogens (tertiary/aromatic N) is 1. The van der Waals surface area contributed by atoms with Crippen molar-refractivity contribution >= 4 is 16.0 Å². The van der Waals surface area contributed by atoms with Crippen LogP contribution in [0.15, 0.2) is 58.4 Å². The van der Waals surface area contributed by atoms with Gasteiger partial charge in [-0.3, -0.25) is 4.99 Å². The average Bonchev–Trinajstić information content (AvgIpc) is 2.68. The molecule has 7 heteroatoms. The molecule has 0 spiro atoms. The zero-order valence-corrected chi connectivity index (χ0v) is 17.8. The highest BCUT2D eigenvalue weighted by atomic mass is 32.2. The molecule has 28 heavy (non-hydrogen) atoms. The van der Waals surface area contributed by atoms with Crippen molar-refractivity contribution in [2.24, 2.45) is 10.1 Å². The van der Waals surface area contributed by atoms with Gasteiger partial charge in [-0.1, -0.05) is 57.2 Å². The molecule has 0 bridgehead atoms. The molecule has 0 fully saturated rings. The monoisotopic (exact) mass is 402 g/mol. The van der Waals surface area contributed by atoms with E-state index in [4.69, 9.17) is 5.14 Å². The molecule has 0 radical (unpaired) electrons. The molecule has 4 N–H and O–H groups in total. The zero-order chi connectivity index (χ0) is 20.8. The molecule has 0 atom stereocenters. The maximum Gasteiger partial charge on any atom is 0.238 e. The molecule has 0 aliphatic rings. The van der Waals surface area contributed by atoms with Crippen molar-refractivity contribution in [1.29, 1.82) is 0 Å². The number of rotatable bonds is 7. The lowest BCUT2D eigenvalue weighted by Crippen LogP contribution is -2.43. The number of guanidine groups is 1. The van der Waals surface area contributed by atoms with Crippen LogP contribution in [0.25, 0.3) is 0 Å². The minimum atomic E-state index is -3.67. The van der Waals surface area contributed by atoms with E-state index in [1.807, 2.05) is 0 Å². The number of aliphatic imine (C=N–C) groups is 1. The standard InChI is InChI=1S/C21H30N4O2S/c1-5-16-6-10-18(11-7-16)21(2,3)15-25-20(23-4)24-14-17-8-12-19(13-9-17)28(22,26)27/h6-13H,5,14-15H2,1-4H3,(H2,22,26,27)(H2,23,24,25). The van der Waals surface area contributed by atoms with Crippen molar-refractivity contribution in [3.05, 3.63) is 65.2 Å². The summed E-state index contributed by atoms with van der Waals surface area (Å²) in [5, 5.41) is 11.7. The Kier molecular flexibility index (Phi) is 7.21. The Morgan fingerprint density at radius 2 is 1.57 bits per heavy atom. The Morgan fingerprint density at radius 1 is 1.00 bits per heavy atom. The molecular weight excluding hydrogens is 372 g/mol. The molecule has 0 aliphatic heterocycles. The fraction of sp³-hybridized carbons (Fsp3) is 0.381. The quantitative estimate of drug-likeness (QED) is 0.490. The second-order valence-electron chi connectivity index (χ2n) is 7.40. The van der Waals surface area contributed by atoms with E-state index >= 15 is 0 Å². The van der Waals surface area contributed by atoms with Gasteiger partial charge < -0.3 is 10.6 Å². The van der Waals surface area contributed by atoms with Crippen LogP contribution in [0, 0.1) is 0 Å². The number of nitrogens with one attached hydrogen (secondary N) is 2. The minimum absolute atomic E-state index is 0.0545. The third-order valence-electron chi connectivity index (χ3n) is 4.78. The van der Waals surface area contributed by atoms with Gasteiger partial charge in [-0.2, -0.15) is 0 Å². The van der Waals surface area contributed by atoms with Gasteiger partial charge in [0.15, 0.2) is 5.96 Å². The summed E-state index contributed by atoms with van der Waals surface area (Å²) in [6.45, 7) is 7.79. The number of aryl methyl sites for hydroxylation is 1. The fourth-order valence-electron chi connectivity index (χ4n) is 2.80. The van der Waals surface area contributed by atoms with E-state index < -0.39 is 10.0 Å². The van der Waals surface area contributed by atoms with Gasteiger partial charge in [0, 0.05) is 25.6 Å². The maximum absolute atomic E-state index is 11.3.